The van der Waals surface area contributed by atoms with Crippen molar-refractivity contribution in [1.29, 1.82) is 0 Å². The molecule has 4 aliphatic rings. The number of imide groups is 1. The highest BCUT2D eigenvalue weighted by Crippen LogP contribution is 2.69. The SMILES string of the molecule is COC(=O)c1ccc(NC(=O)[C@H](C)N2C(=O)[C@@H]3[C@H](C2=O)C2(Cl)c4ccccc4C3(Cl)c3ccccc32)cc1. The Kier molecular flexibility index (Phi) is 5.46. The monoisotopic (exact) mass is 548 g/mol. The van der Waals surface area contributed by atoms with Gasteiger partial charge in [0, 0.05) is 5.69 Å². The topological polar surface area (TPSA) is 92.8 Å². The largest absolute Gasteiger partial charge is 0.465 e. The van der Waals surface area contributed by atoms with E-state index in [9.17, 15) is 19.2 Å². The van der Waals surface area contributed by atoms with E-state index < -0.39 is 51.3 Å². The number of methoxy groups -OCH3 is 1. The maximum absolute atomic E-state index is 14.0. The number of hydrogen-bond acceptors (Lipinski definition) is 5. The van der Waals surface area contributed by atoms with Crippen molar-refractivity contribution in [2.24, 2.45) is 11.8 Å². The average molecular weight is 549 g/mol. The lowest BCUT2D eigenvalue weighted by Gasteiger charge is -2.54. The molecule has 3 atom stereocenters. The molecule has 0 aromatic heterocycles. The van der Waals surface area contributed by atoms with E-state index in [1.54, 1.807) is 12.1 Å². The Morgan fingerprint density at radius 2 is 1.24 bits per heavy atom. The number of rotatable bonds is 4. The molecule has 3 aromatic rings. The summed E-state index contributed by atoms with van der Waals surface area (Å²) in [7, 11) is 1.28. The van der Waals surface area contributed by atoms with E-state index in [1.165, 1.54) is 26.2 Å². The Balaban J connectivity index is 1.37. The van der Waals surface area contributed by atoms with Crippen LogP contribution < -0.4 is 5.32 Å². The van der Waals surface area contributed by atoms with Crippen LogP contribution in [0, 0.1) is 11.8 Å². The standard InChI is InChI=1S/C29H22Cl2N2O5/c1-15(24(34)32-17-13-11-16(12-14-17)27(37)38-2)33-25(35)22-23(26(33)36)29(31)19-8-4-3-7-18(19)28(22,30)20-9-5-6-10-21(20)29/h3-15,22-23H,1-2H3,(H,32,34)/t15-,22-,23+,28?,29?/m0/s1. The van der Waals surface area contributed by atoms with Gasteiger partial charge in [-0.25, -0.2) is 4.79 Å². The molecule has 9 heteroatoms. The first kappa shape index (κ1) is 24.6. The second-order valence-corrected chi connectivity index (χ2v) is 10.9. The fourth-order valence-corrected chi connectivity index (χ4v) is 7.34. The molecule has 1 heterocycles. The van der Waals surface area contributed by atoms with Crippen LogP contribution in [0.1, 0.15) is 39.5 Å². The third kappa shape index (κ3) is 3.03. The van der Waals surface area contributed by atoms with Crippen LogP contribution in [0.2, 0.25) is 0 Å². The van der Waals surface area contributed by atoms with Crippen molar-refractivity contribution in [2.45, 2.75) is 22.7 Å². The number of benzene rings is 3. The number of halogens is 2. The number of carbonyl (C=O) groups is 4. The zero-order chi connectivity index (χ0) is 27.0. The van der Waals surface area contributed by atoms with Gasteiger partial charge in [0.25, 0.3) is 0 Å². The van der Waals surface area contributed by atoms with E-state index in [1.807, 2.05) is 48.5 Å². The van der Waals surface area contributed by atoms with E-state index in [0.717, 1.165) is 4.90 Å². The first-order chi connectivity index (χ1) is 18.1. The average Bonchev–Trinajstić information content (AvgIpc) is 3.22. The van der Waals surface area contributed by atoms with Crippen molar-refractivity contribution in [1.82, 2.24) is 4.90 Å². The van der Waals surface area contributed by atoms with Crippen LogP contribution in [-0.4, -0.2) is 41.7 Å². The molecule has 3 amide bonds. The van der Waals surface area contributed by atoms with Crippen molar-refractivity contribution < 1.29 is 23.9 Å². The van der Waals surface area contributed by atoms with Crippen LogP contribution in [0.15, 0.2) is 72.8 Å². The van der Waals surface area contributed by atoms with Gasteiger partial charge in [0.2, 0.25) is 17.7 Å². The lowest BCUT2D eigenvalue weighted by Crippen LogP contribution is -2.57. The third-order valence-corrected chi connectivity index (χ3v) is 9.24. The van der Waals surface area contributed by atoms with E-state index >= 15 is 0 Å². The number of carbonyl (C=O) groups excluding carboxylic acids is 4. The predicted octanol–water partition coefficient (Wildman–Crippen LogP) is 4.39. The summed E-state index contributed by atoms with van der Waals surface area (Å²) in [4.78, 5) is 51.3. The molecule has 0 saturated carbocycles. The Bertz CT molecular complexity index is 1410. The number of nitrogens with zero attached hydrogens (tertiary/aromatic N) is 1. The smallest absolute Gasteiger partial charge is 0.337 e. The molecule has 38 heavy (non-hydrogen) atoms. The molecule has 3 aliphatic carbocycles. The van der Waals surface area contributed by atoms with E-state index in [2.05, 4.69) is 10.1 Å². The maximum atomic E-state index is 14.0. The number of esters is 1. The Labute approximate surface area is 228 Å². The molecule has 1 N–H and O–H groups in total. The summed E-state index contributed by atoms with van der Waals surface area (Å²) in [6.45, 7) is 1.50. The second-order valence-electron chi connectivity index (χ2n) is 9.75. The van der Waals surface area contributed by atoms with Crippen molar-refractivity contribution in [3.05, 3.63) is 101 Å². The van der Waals surface area contributed by atoms with Crippen molar-refractivity contribution >= 4 is 52.6 Å². The van der Waals surface area contributed by atoms with Gasteiger partial charge in [0.15, 0.2) is 0 Å². The van der Waals surface area contributed by atoms with Gasteiger partial charge < -0.3 is 10.1 Å². The van der Waals surface area contributed by atoms with Crippen LogP contribution in [0.3, 0.4) is 0 Å². The van der Waals surface area contributed by atoms with Gasteiger partial charge in [0.1, 0.15) is 15.8 Å². The highest BCUT2D eigenvalue weighted by atomic mass is 35.5. The summed E-state index contributed by atoms with van der Waals surface area (Å²) in [5.74, 6) is -4.10. The molecular weight excluding hydrogens is 527 g/mol. The quantitative estimate of drug-likeness (QED) is 0.296. The summed E-state index contributed by atoms with van der Waals surface area (Å²) in [6.07, 6.45) is 0. The maximum Gasteiger partial charge on any atom is 0.337 e. The molecule has 1 fully saturated rings. The molecular formula is C29H22Cl2N2O5. The fourth-order valence-electron chi connectivity index (χ4n) is 6.24. The molecule has 3 aromatic carbocycles. The molecule has 1 aliphatic heterocycles. The van der Waals surface area contributed by atoms with Crippen LogP contribution >= 0.6 is 23.2 Å². The molecule has 7 rings (SSSR count). The molecule has 0 spiro atoms. The number of amides is 3. The number of hydrogen-bond donors (Lipinski definition) is 1. The normalized spacial score (nSPS) is 27.3. The molecule has 1 saturated heterocycles. The molecule has 192 valence electrons. The second kappa shape index (κ2) is 8.41. The Morgan fingerprint density at radius 3 is 1.63 bits per heavy atom. The van der Waals surface area contributed by atoms with Gasteiger partial charge in [-0.15, -0.1) is 23.2 Å². The van der Waals surface area contributed by atoms with E-state index in [-0.39, 0.29) is 0 Å². The predicted molar refractivity (Wildman–Crippen MR) is 141 cm³/mol. The van der Waals surface area contributed by atoms with Crippen molar-refractivity contribution in [3.63, 3.8) is 0 Å². The number of alkyl halides is 2. The minimum Gasteiger partial charge on any atom is -0.465 e. The number of likely N-dealkylation sites (tertiary alicyclic amines) is 1. The minimum atomic E-state index is -1.31. The van der Waals surface area contributed by atoms with Crippen molar-refractivity contribution in [3.8, 4) is 0 Å². The van der Waals surface area contributed by atoms with Crippen molar-refractivity contribution in [2.75, 3.05) is 12.4 Å². The first-order valence-corrected chi connectivity index (χ1v) is 12.8. The molecule has 0 radical (unpaired) electrons. The van der Waals surface area contributed by atoms with Crippen LogP contribution in [0.25, 0.3) is 0 Å². The van der Waals surface area contributed by atoms with Gasteiger partial charge in [-0.3, -0.25) is 19.3 Å². The lowest BCUT2D eigenvalue weighted by atomic mass is 9.54. The van der Waals surface area contributed by atoms with Crippen LogP contribution in [0.4, 0.5) is 5.69 Å². The summed E-state index contributed by atoms with van der Waals surface area (Å²) in [5.41, 5.74) is 3.50. The minimum absolute atomic E-state index is 0.321. The zero-order valence-electron chi connectivity index (χ0n) is 20.4. The summed E-state index contributed by atoms with van der Waals surface area (Å²) < 4.78 is 4.69. The molecule has 2 bridgehead atoms. The van der Waals surface area contributed by atoms with E-state index in [0.29, 0.717) is 33.5 Å². The Morgan fingerprint density at radius 1 is 0.816 bits per heavy atom. The van der Waals surface area contributed by atoms with Crippen LogP contribution in [0.5, 0.6) is 0 Å². The van der Waals surface area contributed by atoms with Crippen LogP contribution in [-0.2, 0) is 28.9 Å². The number of nitrogens with one attached hydrogen (secondary N) is 1. The highest BCUT2D eigenvalue weighted by molar-refractivity contribution is 6.36. The van der Waals surface area contributed by atoms with Gasteiger partial charge >= 0.3 is 5.97 Å². The van der Waals surface area contributed by atoms with Gasteiger partial charge in [-0.1, -0.05) is 48.5 Å². The Hall–Kier alpha value is -3.68. The van der Waals surface area contributed by atoms with Gasteiger partial charge in [0.05, 0.1) is 24.5 Å². The van der Waals surface area contributed by atoms with E-state index in [4.69, 9.17) is 23.2 Å². The molecule has 0 unspecified atom stereocenters. The summed E-state index contributed by atoms with van der Waals surface area (Å²) in [5, 5.41) is 2.71. The first-order valence-electron chi connectivity index (χ1n) is 12.1. The molecule has 7 nitrogen and oxygen atoms in total. The summed E-state index contributed by atoms with van der Waals surface area (Å²) >= 11 is 14.8. The number of anilines is 1. The van der Waals surface area contributed by atoms with Gasteiger partial charge in [-0.2, -0.15) is 0 Å². The van der Waals surface area contributed by atoms with Gasteiger partial charge in [-0.05, 0) is 53.4 Å². The number of ether oxygens (including phenoxy) is 1. The lowest BCUT2D eigenvalue weighted by molar-refractivity contribution is -0.146. The highest BCUT2D eigenvalue weighted by Gasteiger charge is 2.73. The zero-order valence-corrected chi connectivity index (χ0v) is 21.9. The summed E-state index contributed by atoms with van der Waals surface area (Å²) in [6, 6.07) is 19.7. The fraction of sp³-hybridized carbons (Fsp3) is 0.241. The third-order valence-electron chi connectivity index (χ3n) is 7.96.